The summed E-state index contributed by atoms with van der Waals surface area (Å²) in [6.45, 7) is 7.92. The van der Waals surface area contributed by atoms with Crippen LogP contribution in [0.4, 0.5) is 5.69 Å². The van der Waals surface area contributed by atoms with E-state index in [9.17, 15) is 24.3 Å². The first-order valence-corrected chi connectivity index (χ1v) is 17.5. The minimum Gasteiger partial charge on any atom is -0.497 e. The van der Waals surface area contributed by atoms with Crippen molar-refractivity contribution in [1.29, 1.82) is 0 Å². The number of hydrogen-bond donors (Lipinski definition) is 2. The van der Waals surface area contributed by atoms with Crippen LogP contribution in [0.1, 0.15) is 50.2 Å². The van der Waals surface area contributed by atoms with Gasteiger partial charge in [0.15, 0.2) is 0 Å². The fraction of sp³-hybridized carbons (Fsp3) is 0.487. The molecule has 0 unspecified atom stereocenters. The summed E-state index contributed by atoms with van der Waals surface area (Å²) in [6, 6.07) is 14.4. The number of nitrogens with one attached hydrogen (secondary N) is 1. The molecule has 274 valence electrons. The van der Waals surface area contributed by atoms with E-state index in [0.29, 0.717) is 49.1 Å². The highest BCUT2D eigenvalue weighted by molar-refractivity contribution is 6.04. The topological polar surface area (TPSA) is 144 Å². The van der Waals surface area contributed by atoms with Crippen molar-refractivity contribution in [3.63, 3.8) is 0 Å². The second-order valence-corrected chi connectivity index (χ2v) is 13.2. The molecule has 1 spiro atoms. The van der Waals surface area contributed by atoms with E-state index in [1.807, 2.05) is 18.2 Å². The van der Waals surface area contributed by atoms with Gasteiger partial charge in [0.05, 0.1) is 37.7 Å². The normalized spacial score (nSPS) is 24.4. The van der Waals surface area contributed by atoms with E-state index < -0.39 is 47.7 Å². The lowest BCUT2D eigenvalue weighted by Gasteiger charge is -2.37. The molecular weight excluding hydrogens is 654 g/mol. The highest BCUT2D eigenvalue weighted by Crippen LogP contribution is 2.59. The first-order chi connectivity index (χ1) is 24.7. The molecule has 3 heterocycles. The van der Waals surface area contributed by atoms with Gasteiger partial charge in [-0.3, -0.25) is 19.2 Å². The third kappa shape index (κ3) is 7.73. The summed E-state index contributed by atoms with van der Waals surface area (Å²) >= 11 is 0. The van der Waals surface area contributed by atoms with E-state index in [0.717, 1.165) is 0 Å². The van der Waals surface area contributed by atoms with Gasteiger partial charge in [0.1, 0.15) is 23.5 Å². The van der Waals surface area contributed by atoms with Crippen LogP contribution in [-0.4, -0.2) is 98.0 Å². The Morgan fingerprint density at radius 3 is 2.49 bits per heavy atom. The number of carbonyl (C=O) groups excluding carboxylic acids is 4. The van der Waals surface area contributed by atoms with Crippen molar-refractivity contribution in [3.8, 4) is 5.75 Å². The molecular formula is C39H49N3O9. The van der Waals surface area contributed by atoms with Gasteiger partial charge in [-0.15, -0.1) is 13.2 Å². The van der Waals surface area contributed by atoms with Crippen molar-refractivity contribution in [2.24, 2.45) is 11.8 Å². The van der Waals surface area contributed by atoms with Crippen LogP contribution in [0.3, 0.4) is 0 Å². The van der Waals surface area contributed by atoms with Crippen LogP contribution in [-0.2, 0) is 33.4 Å². The van der Waals surface area contributed by atoms with E-state index in [4.69, 9.17) is 18.9 Å². The van der Waals surface area contributed by atoms with Crippen molar-refractivity contribution in [3.05, 3.63) is 85.5 Å². The number of amides is 3. The molecule has 0 aromatic heterocycles. The molecule has 3 saturated heterocycles. The number of carbonyl (C=O) groups is 4. The number of unbranched alkanes of at least 4 members (excludes halogenated alkanes) is 1. The van der Waals surface area contributed by atoms with Crippen LogP contribution in [0.25, 0.3) is 0 Å². The Morgan fingerprint density at radius 2 is 1.84 bits per heavy atom. The molecule has 0 saturated carbocycles. The SMILES string of the molecule is C=CCCC(=O)N[C@H](COC)[C@H](OC(=O)[C@@H]1[C@H]2C(=O)N(CCCCO)[C@H](C(=O)N(CC=C)c3ccc(OC)cc3)[C@]23CC[C@H]1O3)c1ccccc1. The van der Waals surface area contributed by atoms with E-state index in [2.05, 4.69) is 18.5 Å². The lowest BCUT2D eigenvalue weighted by Crippen LogP contribution is -2.56. The third-order valence-corrected chi connectivity index (χ3v) is 10.1. The number of likely N-dealkylation sites (tertiary alicyclic amines) is 1. The van der Waals surface area contributed by atoms with Crippen molar-refractivity contribution in [2.75, 3.05) is 45.4 Å². The second kappa shape index (κ2) is 17.1. The fourth-order valence-electron chi connectivity index (χ4n) is 7.82. The first-order valence-electron chi connectivity index (χ1n) is 17.5. The zero-order valence-electron chi connectivity index (χ0n) is 29.4. The Labute approximate surface area is 299 Å². The Kier molecular flexibility index (Phi) is 12.7. The van der Waals surface area contributed by atoms with Gasteiger partial charge in [-0.05, 0) is 61.9 Å². The van der Waals surface area contributed by atoms with E-state index in [-0.39, 0.29) is 50.4 Å². The summed E-state index contributed by atoms with van der Waals surface area (Å²) in [5.41, 5.74) is -0.0238. The predicted octanol–water partition coefficient (Wildman–Crippen LogP) is 3.74. The molecule has 12 heteroatoms. The molecule has 2 bridgehead atoms. The van der Waals surface area contributed by atoms with Crippen molar-refractivity contribution >= 4 is 29.4 Å². The van der Waals surface area contributed by atoms with Gasteiger partial charge in [0.25, 0.3) is 5.91 Å². The molecule has 5 rings (SSSR count). The second-order valence-electron chi connectivity index (χ2n) is 13.2. The molecule has 3 amide bonds. The van der Waals surface area contributed by atoms with Gasteiger partial charge in [0.2, 0.25) is 11.8 Å². The maximum Gasteiger partial charge on any atom is 0.313 e. The van der Waals surface area contributed by atoms with Crippen LogP contribution >= 0.6 is 0 Å². The zero-order chi connectivity index (χ0) is 36.5. The summed E-state index contributed by atoms with van der Waals surface area (Å²) in [4.78, 5) is 59.6. The number of benzene rings is 2. The minimum atomic E-state index is -1.26. The Hall–Kier alpha value is -4.52. The van der Waals surface area contributed by atoms with E-state index >= 15 is 0 Å². The number of rotatable bonds is 19. The van der Waals surface area contributed by atoms with Gasteiger partial charge in [-0.2, -0.15) is 0 Å². The number of aliphatic hydroxyl groups is 1. The quantitative estimate of drug-likeness (QED) is 0.127. The van der Waals surface area contributed by atoms with Crippen LogP contribution in [0, 0.1) is 11.8 Å². The number of methoxy groups -OCH3 is 2. The number of aliphatic hydroxyl groups excluding tert-OH is 1. The number of esters is 1. The average molecular weight is 704 g/mol. The van der Waals surface area contributed by atoms with Crippen molar-refractivity contribution in [1.82, 2.24) is 10.2 Å². The molecule has 51 heavy (non-hydrogen) atoms. The molecule has 3 fully saturated rings. The standard InChI is InChI=1S/C39H49N3O9/c1-5-7-15-31(44)40-29(25-48-3)34(26-13-9-8-10-14-26)50-38(47)32-30-20-21-39(51-30)33(32)36(45)42(23-11-12-24-43)35(39)37(46)41(22-6-2)27-16-18-28(49-4)19-17-27/h5-6,8-10,13-14,16-19,29-30,32-35,43H,1-2,7,11-12,15,20-25H2,3-4H3,(H,40,44)/t29-,30-,32+,33+,34-,35-,39+/m1/s1. The van der Waals surface area contributed by atoms with Crippen LogP contribution in [0.15, 0.2) is 79.9 Å². The minimum absolute atomic E-state index is 0.0588. The smallest absolute Gasteiger partial charge is 0.313 e. The van der Waals surface area contributed by atoms with Crippen LogP contribution in [0.5, 0.6) is 5.75 Å². The lowest BCUT2D eigenvalue weighted by molar-refractivity contribution is -0.163. The Bertz CT molecular complexity index is 1550. The molecule has 2 aromatic rings. The maximum absolute atomic E-state index is 14.7. The molecule has 12 nitrogen and oxygen atoms in total. The van der Waals surface area contributed by atoms with E-state index in [1.54, 1.807) is 60.6 Å². The highest BCUT2D eigenvalue weighted by atomic mass is 16.6. The maximum atomic E-state index is 14.7. The van der Waals surface area contributed by atoms with Gasteiger partial charge < -0.3 is 39.2 Å². The van der Waals surface area contributed by atoms with Gasteiger partial charge in [-0.25, -0.2) is 0 Å². The van der Waals surface area contributed by atoms with Gasteiger partial charge in [0, 0.05) is 38.9 Å². The number of nitrogens with zero attached hydrogens (tertiary/aromatic N) is 2. The lowest BCUT2D eigenvalue weighted by atomic mass is 9.70. The molecule has 0 aliphatic carbocycles. The zero-order valence-corrected chi connectivity index (χ0v) is 29.4. The van der Waals surface area contributed by atoms with Gasteiger partial charge in [-0.1, -0.05) is 42.5 Å². The summed E-state index contributed by atoms with van der Waals surface area (Å²) in [5, 5.41) is 12.5. The Morgan fingerprint density at radius 1 is 1.10 bits per heavy atom. The number of ether oxygens (including phenoxy) is 4. The summed E-state index contributed by atoms with van der Waals surface area (Å²) < 4.78 is 23.7. The fourth-order valence-corrected chi connectivity index (χ4v) is 7.82. The highest BCUT2D eigenvalue weighted by Gasteiger charge is 2.75. The molecule has 3 aliphatic rings. The number of fused-ring (bicyclic) bond motifs is 1. The van der Waals surface area contributed by atoms with Crippen LogP contribution in [0.2, 0.25) is 0 Å². The summed E-state index contributed by atoms with van der Waals surface area (Å²) in [7, 11) is 3.06. The molecule has 3 aliphatic heterocycles. The van der Waals surface area contributed by atoms with E-state index in [1.165, 1.54) is 12.0 Å². The Balaban J connectivity index is 1.48. The monoisotopic (exact) mass is 703 g/mol. The molecule has 2 N–H and O–H groups in total. The average Bonchev–Trinajstić information content (AvgIpc) is 3.79. The number of hydrogen-bond acceptors (Lipinski definition) is 9. The molecule has 0 radical (unpaired) electrons. The largest absolute Gasteiger partial charge is 0.497 e. The van der Waals surface area contributed by atoms with Crippen molar-refractivity contribution in [2.45, 2.75) is 68.4 Å². The molecule has 2 aromatic carbocycles. The number of anilines is 1. The predicted molar refractivity (Wildman–Crippen MR) is 190 cm³/mol. The first kappa shape index (κ1) is 37.7. The molecule has 7 atom stereocenters. The number of allylic oxidation sites excluding steroid dienone is 1. The van der Waals surface area contributed by atoms with Crippen molar-refractivity contribution < 1.29 is 43.2 Å². The summed E-state index contributed by atoms with van der Waals surface area (Å²) in [5.74, 6) is -2.91. The van der Waals surface area contributed by atoms with Gasteiger partial charge >= 0.3 is 5.97 Å². The third-order valence-electron chi connectivity index (χ3n) is 10.1. The summed E-state index contributed by atoms with van der Waals surface area (Å²) in [6.07, 6.45) is 4.13. The van der Waals surface area contributed by atoms with Crippen LogP contribution < -0.4 is 15.0 Å².